The number of aryl methyl sites for hydroxylation is 1. The Labute approximate surface area is 571 Å². The van der Waals surface area contributed by atoms with Crippen LogP contribution in [0.15, 0.2) is 72.4 Å². The molecule has 5 aliphatic carbocycles. The lowest BCUT2D eigenvalue weighted by atomic mass is 9.39. The second kappa shape index (κ2) is 25.9. The maximum absolute atomic E-state index is 15.3. The van der Waals surface area contributed by atoms with E-state index in [1.807, 2.05) is 101 Å². The number of aliphatic hydroxyl groups excluding tert-OH is 1. The fourth-order valence-electron chi connectivity index (χ4n) is 18.7. The van der Waals surface area contributed by atoms with Crippen LogP contribution in [0.25, 0.3) is 31.8 Å². The maximum atomic E-state index is 15.3. The molecule has 5 aromatic heterocycles. The topological polar surface area (TPSA) is 238 Å². The lowest BCUT2D eigenvalue weighted by Crippen LogP contribution is -2.64. The van der Waals surface area contributed by atoms with E-state index in [0.717, 1.165) is 124 Å². The van der Waals surface area contributed by atoms with Crippen molar-refractivity contribution in [2.75, 3.05) is 49.5 Å². The zero-order chi connectivity index (χ0) is 67.1. The molecular formula is C74H94N14O6S2. The molecule has 0 spiro atoms. The largest absolute Gasteiger partial charge is 0.391 e. The molecule has 0 radical (unpaired) electrons. The molecule has 2 saturated heterocycles. The summed E-state index contributed by atoms with van der Waals surface area (Å²) in [5, 5.41) is 39.6. The first-order valence-corrected chi connectivity index (χ1v) is 36.7. The summed E-state index contributed by atoms with van der Waals surface area (Å²) >= 11 is 3.16. The highest BCUT2D eigenvalue weighted by atomic mass is 32.1. The SMILES string of the molecule is Cc1ncsc1-c1ccc([C@H](C)NC(=O)[C@@H]2C[C@@H](O)CN2C(=O)[C@@H](NC(=O)C2CCC(NC(=O)c3nc(N4CCCc5c4nnc(Nc4nc6ccccc6s4)c5C)ccc3-c3cnn(CC45CC6(OCCN7CCCC7)C[C@](C)(C4)C[C@](C)(C5)C6)c3C)CC2)C(C)(C)C)cc1. The molecule has 3 aliphatic heterocycles. The van der Waals surface area contributed by atoms with E-state index in [4.69, 9.17) is 30.0 Å². The molecule has 2 aromatic carbocycles. The number of carbonyl (C=O) groups excluding carboxylic acids is 4. The number of aliphatic hydroxyl groups is 1. The summed E-state index contributed by atoms with van der Waals surface area (Å²) in [7, 11) is 0. The number of ether oxygens (including phenoxy) is 1. The van der Waals surface area contributed by atoms with Crippen molar-refractivity contribution in [2.45, 2.75) is 201 Å². The number of aromatic nitrogens is 7. The van der Waals surface area contributed by atoms with Crippen molar-refractivity contribution in [3.63, 3.8) is 0 Å². The van der Waals surface area contributed by atoms with E-state index in [1.165, 1.54) is 37.3 Å². The first-order chi connectivity index (χ1) is 45.9. The van der Waals surface area contributed by atoms with Gasteiger partial charge in [0.1, 0.15) is 23.6 Å². The molecule has 8 atom stereocenters. The average molecular weight is 1340 g/mol. The Kier molecular flexibility index (Phi) is 17.8. The Morgan fingerprint density at radius 2 is 1.57 bits per heavy atom. The third-order valence-electron chi connectivity index (χ3n) is 22.3. The molecular weight excluding hydrogens is 1250 g/mol. The van der Waals surface area contributed by atoms with Crippen molar-refractivity contribution >= 4 is 79.1 Å². The molecule has 7 fully saturated rings. The van der Waals surface area contributed by atoms with Gasteiger partial charge >= 0.3 is 0 Å². The standard InChI is InChI=1S/C74H94N14O6S2/c1-44-53-15-14-30-86(64(53)84-83-63(44)82-69-79-56-16-10-11-17-58(56)96-69)59-27-26-54(55-34-76-88(47(55)4)42-73-37-71(8)36-72(9,38-73)40-74(39-71,41-73)94-32-31-85-28-12-13-29-85)60(80-59)67(92)78-51-24-22-50(23-25-51)65(90)81-62(70(5,6)7)68(93)87-35-52(89)33-57(87)66(91)77-45(2)48-18-20-49(21-19-48)61-46(3)75-43-95-61/h10-11,16-21,26-27,34,43,45,50-52,57,62,89H,12-15,22-25,28-33,35-42H2,1-9H3,(H,77,91)(H,78,92)(H,81,90)(H,79,82,83)/t45-,50?,51?,52+,57-,62+,71-,72+,73?,74?/m0/s1. The maximum Gasteiger partial charge on any atom is 0.270 e. The molecule has 8 heterocycles. The number of likely N-dealkylation sites (tertiary alicyclic amines) is 2. The summed E-state index contributed by atoms with van der Waals surface area (Å²) in [6, 6.07) is 17.6. The van der Waals surface area contributed by atoms with Gasteiger partial charge < -0.3 is 45.8 Å². The third kappa shape index (κ3) is 13.2. The van der Waals surface area contributed by atoms with E-state index in [-0.39, 0.29) is 70.3 Å². The number of β-amino-alcohol motifs (C(OH)–C–C–N with tert-alkyl or cyclic N) is 1. The number of nitrogens with one attached hydrogen (secondary N) is 4. The zero-order valence-corrected chi connectivity index (χ0v) is 58.9. The van der Waals surface area contributed by atoms with Crippen LogP contribution in [0.2, 0.25) is 0 Å². The predicted molar refractivity (Wildman–Crippen MR) is 375 cm³/mol. The highest BCUT2D eigenvalue weighted by Crippen LogP contribution is 2.72. The third-order valence-corrected chi connectivity index (χ3v) is 24.2. The van der Waals surface area contributed by atoms with E-state index in [0.29, 0.717) is 55.2 Å². The van der Waals surface area contributed by atoms with Gasteiger partial charge in [-0.3, -0.25) is 23.9 Å². The summed E-state index contributed by atoms with van der Waals surface area (Å²) in [6.07, 6.45) is 14.1. The van der Waals surface area contributed by atoms with Crippen molar-refractivity contribution in [1.29, 1.82) is 0 Å². The quantitative estimate of drug-likeness (QED) is 0.0506. The van der Waals surface area contributed by atoms with Gasteiger partial charge in [0, 0.05) is 72.5 Å². The average Bonchev–Trinajstić information content (AvgIpc) is 0.880. The van der Waals surface area contributed by atoms with Crippen molar-refractivity contribution < 1.29 is 29.0 Å². The number of carbonyl (C=O) groups is 4. The summed E-state index contributed by atoms with van der Waals surface area (Å²) in [5.74, 6) is 0.204. The van der Waals surface area contributed by atoms with Gasteiger partial charge in [-0.25, -0.2) is 15.0 Å². The van der Waals surface area contributed by atoms with Crippen LogP contribution < -0.4 is 26.2 Å². The van der Waals surface area contributed by atoms with Crippen LogP contribution >= 0.6 is 22.7 Å². The van der Waals surface area contributed by atoms with Gasteiger partial charge in [0.05, 0.1) is 56.8 Å². The Morgan fingerprint density at radius 1 is 0.823 bits per heavy atom. The Hall–Kier alpha value is -7.24. The Morgan fingerprint density at radius 3 is 2.29 bits per heavy atom. The van der Waals surface area contributed by atoms with Crippen molar-refractivity contribution in [2.24, 2.45) is 27.6 Å². The van der Waals surface area contributed by atoms with Crippen LogP contribution in [0, 0.1) is 48.3 Å². The summed E-state index contributed by atoms with van der Waals surface area (Å²) in [6.45, 7) is 24.3. The summed E-state index contributed by atoms with van der Waals surface area (Å²) in [5.41, 5.74) is 10.1. The van der Waals surface area contributed by atoms with Crippen LogP contribution in [0.4, 0.5) is 22.6 Å². The van der Waals surface area contributed by atoms with Gasteiger partial charge in [-0.1, -0.05) is 82.4 Å². The number of pyridine rings is 1. The van der Waals surface area contributed by atoms with Gasteiger partial charge in [0.25, 0.3) is 5.91 Å². The number of rotatable bonds is 19. The second-order valence-corrected chi connectivity index (χ2v) is 33.2. The number of nitrogens with zero attached hydrogens (tertiary/aromatic N) is 10. The Balaban J connectivity index is 0.683. The summed E-state index contributed by atoms with van der Waals surface area (Å²) in [4.78, 5) is 80.3. The number of hydrogen-bond donors (Lipinski definition) is 5. The van der Waals surface area contributed by atoms with Crippen LogP contribution in [-0.4, -0.2) is 143 Å². The fraction of sp³-hybridized carbons (Fsp3) is 0.568. The first kappa shape index (κ1) is 66.0. The van der Waals surface area contributed by atoms with Gasteiger partial charge in [-0.15, -0.1) is 21.5 Å². The number of fused-ring (bicyclic) bond motifs is 2. The number of hydrogen-bond acceptors (Lipinski definition) is 17. The molecule has 96 heavy (non-hydrogen) atoms. The number of anilines is 4. The smallest absolute Gasteiger partial charge is 0.270 e. The molecule has 15 rings (SSSR count). The van der Waals surface area contributed by atoms with Crippen molar-refractivity contribution in [3.8, 4) is 21.6 Å². The monoisotopic (exact) mass is 1340 g/mol. The Bertz CT molecular complexity index is 4040. The highest BCUT2D eigenvalue weighted by Gasteiger charge is 2.66. The van der Waals surface area contributed by atoms with Crippen LogP contribution in [-0.2, 0) is 32.1 Å². The predicted octanol–water partition coefficient (Wildman–Crippen LogP) is 12.1. The molecule has 22 heteroatoms. The minimum absolute atomic E-state index is 0.0147. The second-order valence-electron chi connectivity index (χ2n) is 31.3. The molecule has 508 valence electrons. The molecule has 2 unspecified atom stereocenters. The van der Waals surface area contributed by atoms with Gasteiger partial charge in [-0.2, -0.15) is 5.10 Å². The molecule has 7 aromatic rings. The van der Waals surface area contributed by atoms with E-state index in [9.17, 15) is 19.5 Å². The number of para-hydroxylation sites is 1. The molecule has 5 saturated carbocycles. The molecule has 5 N–H and O–H groups in total. The van der Waals surface area contributed by atoms with Gasteiger partial charge in [0.2, 0.25) is 17.7 Å². The first-order valence-electron chi connectivity index (χ1n) is 35.0. The number of amides is 4. The number of thiazole rings is 2. The van der Waals surface area contributed by atoms with E-state index in [1.54, 1.807) is 22.7 Å². The van der Waals surface area contributed by atoms with Gasteiger partial charge in [0.15, 0.2) is 16.8 Å². The van der Waals surface area contributed by atoms with Crippen LogP contribution in [0.1, 0.15) is 176 Å². The van der Waals surface area contributed by atoms with E-state index < -0.39 is 35.4 Å². The molecule has 20 nitrogen and oxygen atoms in total. The summed E-state index contributed by atoms with van der Waals surface area (Å²) < 4.78 is 10.4. The fourth-order valence-corrected chi connectivity index (χ4v) is 20.4. The highest BCUT2D eigenvalue weighted by molar-refractivity contribution is 7.22. The van der Waals surface area contributed by atoms with Crippen molar-refractivity contribution in [3.05, 3.63) is 106 Å². The van der Waals surface area contributed by atoms with E-state index in [2.05, 4.69) is 74.5 Å². The molecule has 4 amide bonds. The normalized spacial score (nSPS) is 27.0. The molecule has 8 aliphatic rings. The number of benzene rings is 2. The van der Waals surface area contributed by atoms with Crippen LogP contribution in [0.3, 0.4) is 0 Å². The lowest BCUT2D eigenvalue weighted by molar-refractivity contribution is -0.248. The van der Waals surface area contributed by atoms with Crippen molar-refractivity contribution in [1.82, 2.24) is 60.7 Å². The lowest BCUT2D eigenvalue weighted by Gasteiger charge is -2.69. The van der Waals surface area contributed by atoms with E-state index >= 15 is 4.79 Å². The van der Waals surface area contributed by atoms with Gasteiger partial charge in [-0.05, 0) is 188 Å². The molecule has 4 bridgehead atoms. The minimum atomic E-state index is -0.975. The van der Waals surface area contributed by atoms with Crippen LogP contribution in [0.5, 0.6) is 0 Å². The minimum Gasteiger partial charge on any atom is -0.391 e. The zero-order valence-electron chi connectivity index (χ0n) is 57.2.